The van der Waals surface area contributed by atoms with Gasteiger partial charge in [0.2, 0.25) is 0 Å². The van der Waals surface area contributed by atoms with Crippen LogP contribution in [0.3, 0.4) is 0 Å². The highest BCUT2D eigenvalue weighted by Gasteiger charge is 2.11. The number of hydrogen-bond acceptors (Lipinski definition) is 5. The molecule has 7 heteroatoms. The molecule has 0 aliphatic carbocycles. The lowest BCUT2D eigenvalue weighted by molar-refractivity contribution is 0.262. The Morgan fingerprint density at radius 2 is 1.53 bits per heavy atom. The van der Waals surface area contributed by atoms with Crippen molar-refractivity contribution < 1.29 is 9.53 Å². The lowest BCUT2D eigenvalue weighted by atomic mass is 10.2. The summed E-state index contributed by atoms with van der Waals surface area (Å²) in [5.74, 6) is 0.959. The number of benzene rings is 3. The van der Waals surface area contributed by atoms with Gasteiger partial charge in [0.1, 0.15) is 0 Å². The summed E-state index contributed by atoms with van der Waals surface area (Å²) in [6, 6.07) is 24.3. The number of para-hydroxylation sites is 1. The van der Waals surface area contributed by atoms with Gasteiger partial charge in [0, 0.05) is 17.9 Å². The largest absolute Gasteiger partial charge is 0.478 e. The number of ether oxygens (including phenoxy) is 1. The predicted molar refractivity (Wildman–Crippen MR) is 119 cm³/mol. The second kappa shape index (κ2) is 8.91. The number of fused-ring (bicyclic) bond motifs is 1. The number of anilines is 3. The molecule has 0 unspecified atom stereocenters. The average Bonchev–Trinajstić information content (AvgIpc) is 2.78. The van der Waals surface area contributed by atoms with Crippen LogP contribution in [0.15, 0.2) is 78.9 Å². The first-order valence-electron chi connectivity index (χ1n) is 9.48. The van der Waals surface area contributed by atoms with Gasteiger partial charge in [0.05, 0.1) is 18.1 Å². The van der Waals surface area contributed by atoms with E-state index in [-0.39, 0.29) is 6.03 Å². The van der Waals surface area contributed by atoms with Crippen molar-refractivity contribution in [3.63, 3.8) is 0 Å². The fraction of sp³-hybridized carbons (Fsp3) is 0.0870. The number of methoxy groups -OCH3 is 1. The molecule has 4 aromatic rings. The molecule has 0 saturated carbocycles. The second-order valence-corrected chi connectivity index (χ2v) is 6.57. The zero-order valence-electron chi connectivity index (χ0n) is 16.4. The lowest BCUT2D eigenvalue weighted by Gasteiger charge is -2.12. The standard InChI is InChI=1S/C23H21N5O2/c1-30-22-21(24-15-16-8-4-2-5-9-16)27-20-14-18(12-13-19(20)28-22)26-23(29)25-17-10-6-3-7-11-17/h2-14H,15H2,1H3,(H,24,27)(H2,25,26,29). The van der Waals surface area contributed by atoms with Gasteiger partial charge in [-0.2, -0.15) is 0 Å². The minimum Gasteiger partial charge on any atom is -0.478 e. The molecule has 0 saturated heterocycles. The summed E-state index contributed by atoms with van der Waals surface area (Å²) in [6.45, 7) is 0.592. The Bertz CT molecular complexity index is 1150. The Morgan fingerprint density at radius 1 is 0.833 bits per heavy atom. The van der Waals surface area contributed by atoms with E-state index in [1.54, 1.807) is 25.3 Å². The van der Waals surface area contributed by atoms with Gasteiger partial charge in [-0.3, -0.25) is 0 Å². The van der Waals surface area contributed by atoms with Gasteiger partial charge in [-0.15, -0.1) is 0 Å². The molecule has 0 fully saturated rings. The summed E-state index contributed by atoms with van der Waals surface area (Å²) in [6.07, 6.45) is 0. The average molecular weight is 399 g/mol. The van der Waals surface area contributed by atoms with Crippen molar-refractivity contribution in [1.29, 1.82) is 0 Å². The van der Waals surface area contributed by atoms with Crippen molar-refractivity contribution in [2.45, 2.75) is 6.54 Å². The van der Waals surface area contributed by atoms with Crippen LogP contribution in [0.2, 0.25) is 0 Å². The van der Waals surface area contributed by atoms with E-state index in [2.05, 4.69) is 25.9 Å². The maximum Gasteiger partial charge on any atom is 0.323 e. The number of carbonyl (C=O) groups is 1. The van der Waals surface area contributed by atoms with E-state index in [9.17, 15) is 4.79 Å². The number of nitrogens with one attached hydrogen (secondary N) is 3. The third kappa shape index (κ3) is 4.64. The number of amides is 2. The second-order valence-electron chi connectivity index (χ2n) is 6.57. The normalized spacial score (nSPS) is 10.4. The molecule has 2 amide bonds. The highest BCUT2D eigenvalue weighted by atomic mass is 16.5. The van der Waals surface area contributed by atoms with Crippen molar-refractivity contribution in [3.05, 3.63) is 84.4 Å². The van der Waals surface area contributed by atoms with Gasteiger partial charge in [-0.1, -0.05) is 48.5 Å². The van der Waals surface area contributed by atoms with Gasteiger partial charge in [-0.05, 0) is 35.9 Å². The van der Waals surface area contributed by atoms with E-state index >= 15 is 0 Å². The van der Waals surface area contributed by atoms with Crippen molar-refractivity contribution in [3.8, 4) is 5.88 Å². The molecule has 4 rings (SSSR count). The Kier molecular flexibility index (Phi) is 5.70. The Hall–Kier alpha value is -4.13. The van der Waals surface area contributed by atoms with Crippen LogP contribution in [0.25, 0.3) is 11.0 Å². The van der Waals surface area contributed by atoms with E-state index in [1.165, 1.54) is 0 Å². The zero-order valence-corrected chi connectivity index (χ0v) is 16.4. The topological polar surface area (TPSA) is 88.2 Å². The van der Waals surface area contributed by atoms with Crippen molar-refractivity contribution in [2.24, 2.45) is 0 Å². The van der Waals surface area contributed by atoms with Gasteiger partial charge in [0.25, 0.3) is 5.88 Å². The maximum absolute atomic E-state index is 12.3. The summed E-state index contributed by atoms with van der Waals surface area (Å²) in [5.41, 5.74) is 3.77. The van der Waals surface area contributed by atoms with Crippen LogP contribution in [0, 0.1) is 0 Å². The van der Waals surface area contributed by atoms with Gasteiger partial charge >= 0.3 is 6.03 Å². The lowest BCUT2D eigenvalue weighted by Crippen LogP contribution is -2.19. The van der Waals surface area contributed by atoms with Gasteiger partial charge in [0.15, 0.2) is 5.82 Å². The zero-order chi connectivity index (χ0) is 20.8. The fourth-order valence-corrected chi connectivity index (χ4v) is 2.97. The third-order valence-corrected chi connectivity index (χ3v) is 4.42. The van der Waals surface area contributed by atoms with Gasteiger partial charge < -0.3 is 20.7 Å². The molecule has 3 aromatic carbocycles. The Labute approximate surface area is 174 Å². The van der Waals surface area contributed by atoms with E-state index in [4.69, 9.17) is 4.74 Å². The maximum atomic E-state index is 12.3. The van der Waals surface area contributed by atoms with Crippen LogP contribution < -0.4 is 20.7 Å². The number of hydrogen-bond donors (Lipinski definition) is 3. The predicted octanol–water partition coefficient (Wildman–Crippen LogP) is 4.89. The Balaban J connectivity index is 1.53. The van der Waals surface area contributed by atoms with Crippen LogP contribution in [0.5, 0.6) is 5.88 Å². The summed E-state index contributed by atoms with van der Waals surface area (Å²) in [5, 5.41) is 8.87. The molecular formula is C23H21N5O2. The molecule has 150 valence electrons. The molecule has 0 radical (unpaired) electrons. The monoisotopic (exact) mass is 399 g/mol. The van der Waals surface area contributed by atoms with E-state index < -0.39 is 0 Å². The minimum atomic E-state index is -0.329. The summed E-state index contributed by atoms with van der Waals surface area (Å²) >= 11 is 0. The van der Waals surface area contributed by atoms with Crippen LogP contribution in [-0.2, 0) is 6.54 Å². The summed E-state index contributed by atoms with van der Waals surface area (Å²) in [4.78, 5) is 21.4. The van der Waals surface area contributed by atoms with E-state index in [0.29, 0.717) is 40.7 Å². The molecule has 0 aliphatic heterocycles. The first-order valence-corrected chi connectivity index (χ1v) is 9.48. The Morgan fingerprint density at radius 3 is 2.27 bits per heavy atom. The molecule has 0 aliphatic rings. The van der Waals surface area contributed by atoms with Crippen LogP contribution in [-0.4, -0.2) is 23.1 Å². The molecule has 7 nitrogen and oxygen atoms in total. The molecule has 0 atom stereocenters. The number of urea groups is 1. The fourth-order valence-electron chi connectivity index (χ4n) is 2.97. The van der Waals surface area contributed by atoms with Crippen LogP contribution in [0.4, 0.5) is 22.0 Å². The van der Waals surface area contributed by atoms with Crippen LogP contribution in [0.1, 0.15) is 5.56 Å². The summed E-state index contributed by atoms with van der Waals surface area (Å²) < 4.78 is 5.39. The summed E-state index contributed by atoms with van der Waals surface area (Å²) in [7, 11) is 1.56. The molecular weight excluding hydrogens is 378 g/mol. The SMILES string of the molecule is COc1nc2ccc(NC(=O)Nc3ccccc3)cc2nc1NCc1ccccc1. The number of aromatic nitrogens is 2. The minimum absolute atomic E-state index is 0.329. The molecule has 1 aromatic heterocycles. The molecule has 3 N–H and O–H groups in total. The quantitative estimate of drug-likeness (QED) is 0.429. The number of rotatable bonds is 6. The van der Waals surface area contributed by atoms with Crippen molar-refractivity contribution in [2.75, 3.05) is 23.1 Å². The molecule has 30 heavy (non-hydrogen) atoms. The highest BCUT2D eigenvalue weighted by molar-refractivity contribution is 6.00. The first kappa shape index (κ1) is 19.2. The number of carbonyl (C=O) groups excluding carboxylic acids is 1. The van der Waals surface area contributed by atoms with Gasteiger partial charge in [-0.25, -0.2) is 14.8 Å². The van der Waals surface area contributed by atoms with E-state index in [1.807, 2.05) is 60.7 Å². The molecule has 0 spiro atoms. The smallest absolute Gasteiger partial charge is 0.323 e. The van der Waals surface area contributed by atoms with E-state index in [0.717, 1.165) is 5.56 Å². The van der Waals surface area contributed by atoms with Crippen molar-refractivity contribution >= 4 is 34.3 Å². The number of nitrogens with zero attached hydrogens (tertiary/aromatic N) is 2. The van der Waals surface area contributed by atoms with Crippen LogP contribution >= 0.6 is 0 Å². The third-order valence-electron chi connectivity index (χ3n) is 4.42. The van der Waals surface area contributed by atoms with Crippen molar-refractivity contribution in [1.82, 2.24) is 9.97 Å². The first-order chi connectivity index (χ1) is 14.7. The molecule has 1 heterocycles. The molecule has 0 bridgehead atoms. The highest BCUT2D eigenvalue weighted by Crippen LogP contribution is 2.25.